The SMILES string of the molecule is CCC[C@@]1(c2cccc(OC)c2)CCN(CC2CC2)C1. The van der Waals surface area contributed by atoms with E-state index in [1.54, 1.807) is 7.11 Å². The van der Waals surface area contributed by atoms with Gasteiger partial charge in [-0.3, -0.25) is 0 Å². The van der Waals surface area contributed by atoms with Crippen LogP contribution < -0.4 is 4.74 Å². The number of hydrogen-bond acceptors (Lipinski definition) is 2. The summed E-state index contributed by atoms with van der Waals surface area (Å²) in [5.74, 6) is 2.00. The van der Waals surface area contributed by atoms with Crippen LogP contribution >= 0.6 is 0 Å². The lowest BCUT2D eigenvalue weighted by molar-refractivity contribution is 0.290. The summed E-state index contributed by atoms with van der Waals surface area (Å²) in [4.78, 5) is 2.70. The van der Waals surface area contributed by atoms with E-state index in [0.29, 0.717) is 5.41 Å². The van der Waals surface area contributed by atoms with Gasteiger partial charge in [0.1, 0.15) is 5.75 Å². The van der Waals surface area contributed by atoms with Crippen molar-refractivity contribution in [2.24, 2.45) is 5.92 Å². The van der Waals surface area contributed by atoms with Crippen molar-refractivity contribution in [1.29, 1.82) is 0 Å². The lowest BCUT2D eigenvalue weighted by atomic mass is 9.76. The molecule has 0 bridgehead atoms. The zero-order valence-electron chi connectivity index (χ0n) is 12.9. The van der Waals surface area contributed by atoms with E-state index < -0.39 is 0 Å². The average Bonchev–Trinajstić information content (AvgIpc) is 3.19. The molecule has 0 radical (unpaired) electrons. The lowest BCUT2D eigenvalue weighted by Crippen LogP contribution is -2.32. The van der Waals surface area contributed by atoms with Crippen LogP contribution in [0.1, 0.15) is 44.6 Å². The lowest BCUT2D eigenvalue weighted by Gasteiger charge is -2.30. The Morgan fingerprint density at radius 1 is 1.35 bits per heavy atom. The first-order valence-electron chi connectivity index (χ1n) is 8.12. The Balaban J connectivity index is 1.79. The molecule has 1 saturated heterocycles. The Labute approximate surface area is 123 Å². The van der Waals surface area contributed by atoms with Gasteiger partial charge in [-0.2, -0.15) is 0 Å². The summed E-state index contributed by atoms with van der Waals surface area (Å²) in [6.07, 6.45) is 6.77. The van der Waals surface area contributed by atoms with Crippen molar-refractivity contribution in [3.63, 3.8) is 0 Å². The zero-order chi connectivity index (χ0) is 14.0. The fourth-order valence-corrected chi connectivity index (χ4v) is 3.80. The Morgan fingerprint density at radius 3 is 2.90 bits per heavy atom. The number of benzene rings is 1. The number of rotatable bonds is 6. The van der Waals surface area contributed by atoms with E-state index in [4.69, 9.17) is 4.74 Å². The Hall–Kier alpha value is -1.02. The van der Waals surface area contributed by atoms with Gasteiger partial charge in [0.2, 0.25) is 0 Å². The van der Waals surface area contributed by atoms with E-state index in [1.165, 1.54) is 57.3 Å². The molecule has 110 valence electrons. The van der Waals surface area contributed by atoms with Crippen molar-refractivity contribution >= 4 is 0 Å². The van der Waals surface area contributed by atoms with Crippen LogP contribution in [-0.2, 0) is 5.41 Å². The van der Waals surface area contributed by atoms with E-state index in [0.717, 1.165) is 11.7 Å². The number of nitrogens with zero attached hydrogens (tertiary/aromatic N) is 1. The fraction of sp³-hybridized carbons (Fsp3) is 0.667. The molecule has 1 atom stereocenters. The van der Waals surface area contributed by atoms with Gasteiger partial charge in [-0.1, -0.05) is 25.5 Å². The summed E-state index contributed by atoms with van der Waals surface area (Å²) in [6, 6.07) is 8.77. The summed E-state index contributed by atoms with van der Waals surface area (Å²) < 4.78 is 5.43. The van der Waals surface area contributed by atoms with Crippen LogP contribution in [0.25, 0.3) is 0 Å². The Morgan fingerprint density at radius 2 is 2.20 bits per heavy atom. The molecule has 2 fully saturated rings. The minimum absolute atomic E-state index is 0.359. The van der Waals surface area contributed by atoms with Crippen molar-refractivity contribution in [3.8, 4) is 5.75 Å². The predicted octanol–water partition coefficient (Wildman–Crippen LogP) is 3.85. The molecule has 0 aromatic heterocycles. The summed E-state index contributed by atoms with van der Waals surface area (Å²) >= 11 is 0. The van der Waals surface area contributed by atoms with Gasteiger partial charge in [-0.25, -0.2) is 0 Å². The van der Waals surface area contributed by atoms with E-state index in [-0.39, 0.29) is 0 Å². The largest absolute Gasteiger partial charge is 0.497 e. The third kappa shape index (κ3) is 2.85. The smallest absolute Gasteiger partial charge is 0.119 e. The molecular formula is C18H27NO. The van der Waals surface area contributed by atoms with Gasteiger partial charge in [0.05, 0.1) is 7.11 Å². The average molecular weight is 273 g/mol. The standard InChI is InChI=1S/C18H27NO/c1-3-9-18(16-5-4-6-17(12-16)20-2)10-11-19(14-18)13-15-7-8-15/h4-6,12,15H,3,7-11,13-14H2,1-2H3/t18-/m1/s1. The molecule has 1 aromatic carbocycles. The van der Waals surface area contributed by atoms with Crippen LogP contribution in [0.3, 0.4) is 0 Å². The van der Waals surface area contributed by atoms with Crippen molar-refractivity contribution in [3.05, 3.63) is 29.8 Å². The molecule has 0 unspecified atom stereocenters. The second-order valence-electron chi connectivity index (χ2n) is 6.69. The summed E-state index contributed by atoms with van der Waals surface area (Å²) in [6.45, 7) is 6.15. The highest BCUT2D eigenvalue weighted by Crippen LogP contribution is 2.41. The van der Waals surface area contributed by atoms with Crippen LogP contribution in [-0.4, -0.2) is 31.6 Å². The van der Waals surface area contributed by atoms with E-state index >= 15 is 0 Å². The molecule has 1 aromatic rings. The van der Waals surface area contributed by atoms with Gasteiger partial charge in [0.25, 0.3) is 0 Å². The van der Waals surface area contributed by atoms with Crippen molar-refractivity contribution in [2.45, 2.75) is 44.4 Å². The third-order valence-electron chi connectivity index (χ3n) is 5.06. The van der Waals surface area contributed by atoms with Gasteiger partial charge in [0.15, 0.2) is 0 Å². The third-order valence-corrected chi connectivity index (χ3v) is 5.06. The van der Waals surface area contributed by atoms with Gasteiger partial charge < -0.3 is 9.64 Å². The van der Waals surface area contributed by atoms with E-state index in [2.05, 4.69) is 36.1 Å². The predicted molar refractivity (Wildman–Crippen MR) is 83.4 cm³/mol. The highest BCUT2D eigenvalue weighted by molar-refractivity contribution is 5.35. The molecule has 2 nitrogen and oxygen atoms in total. The zero-order valence-corrected chi connectivity index (χ0v) is 12.9. The number of hydrogen-bond donors (Lipinski definition) is 0. The Kier molecular flexibility index (Phi) is 4.02. The molecule has 0 spiro atoms. The first-order valence-corrected chi connectivity index (χ1v) is 8.12. The molecule has 0 N–H and O–H groups in total. The quantitative estimate of drug-likeness (QED) is 0.780. The highest BCUT2D eigenvalue weighted by atomic mass is 16.5. The van der Waals surface area contributed by atoms with Crippen molar-refractivity contribution in [1.82, 2.24) is 4.90 Å². The fourth-order valence-electron chi connectivity index (χ4n) is 3.80. The first-order chi connectivity index (χ1) is 9.75. The van der Waals surface area contributed by atoms with Crippen molar-refractivity contribution < 1.29 is 4.74 Å². The van der Waals surface area contributed by atoms with Crippen LogP contribution in [0, 0.1) is 5.92 Å². The molecule has 1 saturated carbocycles. The van der Waals surface area contributed by atoms with E-state index in [1.807, 2.05) is 0 Å². The number of ether oxygens (including phenoxy) is 1. The topological polar surface area (TPSA) is 12.5 Å². The molecular weight excluding hydrogens is 246 g/mol. The first kappa shape index (κ1) is 13.9. The molecule has 0 amide bonds. The van der Waals surface area contributed by atoms with Crippen LogP contribution in [0.15, 0.2) is 24.3 Å². The number of likely N-dealkylation sites (tertiary alicyclic amines) is 1. The second-order valence-corrected chi connectivity index (χ2v) is 6.69. The monoisotopic (exact) mass is 273 g/mol. The maximum atomic E-state index is 5.43. The minimum atomic E-state index is 0.359. The highest BCUT2D eigenvalue weighted by Gasteiger charge is 2.40. The van der Waals surface area contributed by atoms with Crippen LogP contribution in [0.4, 0.5) is 0 Å². The van der Waals surface area contributed by atoms with Gasteiger partial charge in [-0.15, -0.1) is 0 Å². The Bertz CT molecular complexity index is 454. The van der Waals surface area contributed by atoms with Gasteiger partial charge in [0, 0.05) is 18.5 Å². The summed E-state index contributed by atoms with van der Waals surface area (Å²) in [5, 5.41) is 0. The van der Waals surface area contributed by atoms with Gasteiger partial charge >= 0.3 is 0 Å². The molecule has 3 rings (SSSR count). The molecule has 2 aliphatic rings. The molecule has 2 heteroatoms. The van der Waals surface area contributed by atoms with Crippen molar-refractivity contribution in [2.75, 3.05) is 26.7 Å². The molecule has 1 aliphatic carbocycles. The van der Waals surface area contributed by atoms with Crippen LogP contribution in [0.2, 0.25) is 0 Å². The minimum Gasteiger partial charge on any atom is -0.497 e. The molecule has 20 heavy (non-hydrogen) atoms. The maximum Gasteiger partial charge on any atom is 0.119 e. The summed E-state index contributed by atoms with van der Waals surface area (Å²) in [7, 11) is 1.76. The second kappa shape index (κ2) is 5.77. The molecule has 1 aliphatic heterocycles. The maximum absolute atomic E-state index is 5.43. The number of methoxy groups -OCH3 is 1. The van der Waals surface area contributed by atoms with Crippen LogP contribution in [0.5, 0.6) is 5.75 Å². The molecule has 1 heterocycles. The van der Waals surface area contributed by atoms with E-state index in [9.17, 15) is 0 Å². The van der Waals surface area contributed by atoms with Gasteiger partial charge in [-0.05, 0) is 55.8 Å². The summed E-state index contributed by atoms with van der Waals surface area (Å²) in [5.41, 5.74) is 1.84. The normalized spacial score (nSPS) is 26.9.